The summed E-state index contributed by atoms with van der Waals surface area (Å²) in [4.78, 5) is 22.1. The summed E-state index contributed by atoms with van der Waals surface area (Å²) in [6.45, 7) is 1.34. The summed E-state index contributed by atoms with van der Waals surface area (Å²) < 4.78 is 9.16. The molecule has 10 nitrogen and oxygen atoms in total. The summed E-state index contributed by atoms with van der Waals surface area (Å²) >= 11 is 0. The predicted molar refractivity (Wildman–Crippen MR) is 114 cm³/mol. The second kappa shape index (κ2) is 7.02. The first kappa shape index (κ1) is 18.3. The number of aromatic nitrogens is 6. The van der Waals surface area contributed by atoms with Crippen LogP contribution >= 0.6 is 0 Å². The lowest BCUT2D eigenvalue weighted by atomic mass is 10.2. The van der Waals surface area contributed by atoms with E-state index in [4.69, 9.17) is 14.8 Å². The van der Waals surface area contributed by atoms with Crippen molar-refractivity contribution in [1.29, 1.82) is 0 Å². The first-order valence-electron chi connectivity index (χ1n) is 10.5. The highest BCUT2D eigenvalue weighted by Gasteiger charge is 2.27. The van der Waals surface area contributed by atoms with Crippen molar-refractivity contribution in [2.75, 3.05) is 25.6 Å². The Morgan fingerprint density at radius 2 is 2.16 bits per heavy atom. The number of carbonyl (C=O) groups excluding carboxylic acids is 1. The molecule has 4 aromatic heterocycles. The molecule has 1 atom stereocenters. The smallest absolute Gasteiger partial charge is 0.256 e. The van der Waals surface area contributed by atoms with Crippen LogP contribution in [0.3, 0.4) is 0 Å². The minimum Gasteiger partial charge on any atom is -0.379 e. The van der Waals surface area contributed by atoms with Gasteiger partial charge >= 0.3 is 0 Å². The van der Waals surface area contributed by atoms with Crippen molar-refractivity contribution >= 4 is 28.4 Å². The normalized spacial score (nSPS) is 18.7. The standard InChI is InChI=1S/C21H22N8O2/c1-22-17-9-16(26-20-15(10-24-29(17)20)21(30)25-12-4-5-12)18-14-3-2-7-23-19(14)28(27-18)13-6-8-31-11-13/h2-3,7,9-10,12-13,22H,4-6,8,11H2,1H3,(H,25,30). The van der Waals surface area contributed by atoms with E-state index in [9.17, 15) is 4.79 Å². The third-order valence-electron chi connectivity index (χ3n) is 5.85. The van der Waals surface area contributed by atoms with Crippen LogP contribution in [0.5, 0.6) is 0 Å². The topological polar surface area (TPSA) is 111 Å². The summed E-state index contributed by atoms with van der Waals surface area (Å²) in [6, 6.07) is 6.20. The average Bonchev–Trinajstić information content (AvgIpc) is 3.21. The largest absolute Gasteiger partial charge is 0.379 e. The quantitative estimate of drug-likeness (QED) is 0.510. The van der Waals surface area contributed by atoms with Gasteiger partial charge in [0.25, 0.3) is 5.91 Å². The van der Waals surface area contributed by atoms with Crippen LogP contribution in [-0.2, 0) is 4.74 Å². The molecule has 2 N–H and O–H groups in total. The zero-order valence-electron chi connectivity index (χ0n) is 17.1. The monoisotopic (exact) mass is 418 g/mol. The van der Waals surface area contributed by atoms with Gasteiger partial charge in [-0.25, -0.2) is 14.6 Å². The third-order valence-corrected chi connectivity index (χ3v) is 5.85. The van der Waals surface area contributed by atoms with E-state index < -0.39 is 0 Å². The molecule has 0 radical (unpaired) electrons. The van der Waals surface area contributed by atoms with Crippen LogP contribution in [0, 0.1) is 0 Å². The van der Waals surface area contributed by atoms with Crippen molar-refractivity contribution in [2.45, 2.75) is 31.3 Å². The summed E-state index contributed by atoms with van der Waals surface area (Å²) in [5.74, 6) is 0.575. The molecular weight excluding hydrogens is 396 g/mol. The predicted octanol–water partition coefficient (Wildman–Crippen LogP) is 2.04. The Bertz CT molecular complexity index is 1300. The Hall–Kier alpha value is -3.53. The summed E-state index contributed by atoms with van der Waals surface area (Å²) in [5, 5.41) is 16.4. The van der Waals surface area contributed by atoms with Crippen LogP contribution in [-0.4, -0.2) is 61.6 Å². The molecule has 1 amide bonds. The van der Waals surface area contributed by atoms with Crippen molar-refractivity contribution in [2.24, 2.45) is 0 Å². The highest BCUT2D eigenvalue weighted by atomic mass is 16.5. The Morgan fingerprint density at radius 3 is 2.94 bits per heavy atom. The molecule has 0 aromatic carbocycles. The highest BCUT2D eigenvalue weighted by molar-refractivity contribution is 6.00. The summed E-state index contributed by atoms with van der Waals surface area (Å²) in [6.07, 6.45) is 6.28. The number of hydrogen-bond acceptors (Lipinski definition) is 7. The molecule has 31 heavy (non-hydrogen) atoms. The van der Waals surface area contributed by atoms with E-state index in [2.05, 4.69) is 20.7 Å². The molecule has 158 valence electrons. The first-order valence-corrected chi connectivity index (χ1v) is 10.5. The number of hydrogen-bond donors (Lipinski definition) is 2. The number of amides is 1. The molecule has 6 rings (SSSR count). The van der Waals surface area contributed by atoms with Gasteiger partial charge in [-0.3, -0.25) is 4.79 Å². The Balaban J connectivity index is 1.52. The molecule has 4 aromatic rings. The molecule has 10 heteroatoms. The third kappa shape index (κ3) is 3.02. The molecule has 1 aliphatic carbocycles. The zero-order chi connectivity index (χ0) is 20.9. The van der Waals surface area contributed by atoms with Crippen LogP contribution < -0.4 is 10.6 Å². The molecule has 0 bridgehead atoms. The van der Waals surface area contributed by atoms with Gasteiger partial charge in [0.1, 0.15) is 17.1 Å². The SMILES string of the molecule is CNc1cc(-c2nn(C3CCOC3)c3ncccc23)nc2c(C(=O)NC3CC3)cnn12. The fraction of sp³-hybridized carbons (Fsp3) is 0.381. The van der Waals surface area contributed by atoms with Gasteiger partial charge in [-0.2, -0.15) is 14.7 Å². The molecule has 5 heterocycles. The Labute approximate surface area is 177 Å². The summed E-state index contributed by atoms with van der Waals surface area (Å²) in [7, 11) is 1.82. The van der Waals surface area contributed by atoms with Crippen LogP contribution in [0.2, 0.25) is 0 Å². The maximum atomic E-state index is 12.7. The van der Waals surface area contributed by atoms with Crippen LogP contribution in [0.4, 0.5) is 5.82 Å². The molecule has 2 aliphatic rings. The minimum absolute atomic E-state index is 0.147. The van der Waals surface area contributed by atoms with Crippen molar-refractivity contribution in [3.05, 3.63) is 36.2 Å². The van der Waals surface area contributed by atoms with Gasteiger partial charge in [-0.1, -0.05) is 0 Å². The molecular formula is C21H22N8O2. The van der Waals surface area contributed by atoms with Crippen molar-refractivity contribution in [3.63, 3.8) is 0 Å². The molecule has 0 spiro atoms. The van der Waals surface area contributed by atoms with E-state index in [1.54, 1.807) is 16.9 Å². The van der Waals surface area contributed by atoms with E-state index in [0.717, 1.165) is 48.4 Å². The van der Waals surface area contributed by atoms with Gasteiger partial charge in [0.2, 0.25) is 0 Å². The number of pyridine rings is 1. The lowest BCUT2D eigenvalue weighted by molar-refractivity contribution is 0.0952. The number of nitrogens with one attached hydrogen (secondary N) is 2. The second-order valence-electron chi connectivity index (χ2n) is 8.00. The van der Waals surface area contributed by atoms with Gasteiger partial charge in [-0.15, -0.1) is 0 Å². The fourth-order valence-corrected chi connectivity index (χ4v) is 4.05. The molecule has 2 fully saturated rings. The van der Waals surface area contributed by atoms with E-state index in [1.807, 2.05) is 29.9 Å². The number of carbonyl (C=O) groups is 1. The molecule has 1 aliphatic heterocycles. The number of ether oxygens (including phenoxy) is 1. The van der Waals surface area contributed by atoms with E-state index in [1.165, 1.54) is 0 Å². The van der Waals surface area contributed by atoms with Crippen LogP contribution in [0.25, 0.3) is 28.1 Å². The van der Waals surface area contributed by atoms with Gasteiger partial charge in [-0.05, 0) is 31.4 Å². The van der Waals surface area contributed by atoms with E-state index in [0.29, 0.717) is 23.5 Å². The van der Waals surface area contributed by atoms with E-state index >= 15 is 0 Å². The van der Waals surface area contributed by atoms with Crippen molar-refractivity contribution in [1.82, 2.24) is 34.7 Å². The van der Waals surface area contributed by atoms with Gasteiger partial charge < -0.3 is 15.4 Å². The molecule has 1 unspecified atom stereocenters. The van der Waals surface area contributed by atoms with Gasteiger partial charge in [0, 0.05) is 37.3 Å². The van der Waals surface area contributed by atoms with Crippen molar-refractivity contribution in [3.8, 4) is 11.4 Å². The van der Waals surface area contributed by atoms with Crippen molar-refractivity contribution < 1.29 is 9.53 Å². The molecule has 1 saturated heterocycles. The van der Waals surface area contributed by atoms with E-state index in [-0.39, 0.29) is 18.0 Å². The number of fused-ring (bicyclic) bond motifs is 2. The zero-order valence-corrected chi connectivity index (χ0v) is 17.1. The number of rotatable bonds is 5. The fourth-order valence-electron chi connectivity index (χ4n) is 4.05. The lowest BCUT2D eigenvalue weighted by Gasteiger charge is -2.09. The van der Waals surface area contributed by atoms with Crippen LogP contribution in [0.1, 0.15) is 35.7 Å². The summed E-state index contributed by atoms with van der Waals surface area (Å²) in [5.41, 5.74) is 3.14. The van der Waals surface area contributed by atoms with Crippen LogP contribution in [0.15, 0.2) is 30.6 Å². The highest BCUT2D eigenvalue weighted by Crippen LogP contribution is 2.32. The number of anilines is 1. The number of nitrogens with zero attached hydrogens (tertiary/aromatic N) is 6. The lowest BCUT2D eigenvalue weighted by Crippen LogP contribution is -2.25. The maximum absolute atomic E-state index is 12.7. The minimum atomic E-state index is -0.149. The first-order chi connectivity index (χ1) is 15.2. The molecule has 1 saturated carbocycles. The van der Waals surface area contributed by atoms with Gasteiger partial charge in [0.05, 0.1) is 24.5 Å². The average molecular weight is 418 g/mol. The maximum Gasteiger partial charge on any atom is 0.256 e. The second-order valence-corrected chi connectivity index (χ2v) is 8.00. The van der Waals surface area contributed by atoms with Gasteiger partial charge in [0.15, 0.2) is 11.3 Å². The Morgan fingerprint density at radius 1 is 1.26 bits per heavy atom. The Kier molecular flexibility index (Phi) is 4.13.